The molecule has 0 spiro atoms. The monoisotopic (exact) mass is 331 g/mol. The average molecular weight is 331 g/mol. The molecule has 0 aromatic carbocycles. The summed E-state index contributed by atoms with van der Waals surface area (Å²) in [4.78, 5) is 24.4. The number of carboxylic acid groups (broad SMARTS) is 1. The van der Waals surface area contributed by atoms with E-state index >= 15 is 0 Å². The van der Waals surface area contributed by atoms with E-state index in [4.69, 9.17) is 9.52 Å². The molecule has 0 atom stereocenters. The molecule has 0 unspecified atom stereocenters. The van der Waals surface area contributed by atoms with E-state index in [1.54, 1.807) is 0 Å². The highest BCUT2D eigenvalue weighted by molar-refractivity contribution is 7.89. The summed E-state index contributed by atoms with van der Waals surface area (Å²) in [6.45, 7) is 4.30. The second kappa shape index (κ2) is 7.44. The van der Waals surface area contributed by atoms with Crippen LogP contribution in [0.15, 0.2) is 16.5 Å². The topological polar surface area (TPSA) is 105 Å². The lowest BCUT2D eigenvalue weighted by Gasteiger charge is -2.22. The summed E-state index contributed by atoms with van der Waals surface area (Å²) < 4.78 is 27.7. The molecule has 0 bridgehead atoms. The standard InChI is InChI=1S/C14H21NO6S/c1-10(2)8-15(7-6-13(16)17)14(18)12-5-4-11(21-12)9-22(3,19)20/h4-5,10H,6-9H2,1-3H3,(H,16,17). The minimum Gasteiger partial charge on any atom is -0.481 e. The number of aliphatic carboxylic acids is 1. The van der Waals surface area contributed by atoms with Gasteiger partial charge >= 0.3 is 5.97 Å². The number of carboxylic acids is 1. The van der Waals surface area contributed by atoms with E-state index in [0.717, 1.165) is 6.26 Å². The zero-order valence-electron chi connectivity index (χ0n) is 12.9. The largest absolute Gasteiger partial charge is 0.481 e. The smallest absolute Gasteiger partial charge is 0.305 e. The van der Waals surface area contributed by atoms with Gasteiger partial charge in [-0.2, -0.15) is 0 Å². The summed E-state index contributed by atoms with van der Waals surface area (Å²) in [5.74, 6) is -1.32. The maximum Gasteiger partial charge on any atom is 0.305 e. The van der Waals surface area contributed by atoms with E-state index in [0.29, 0.717) is 6.54 Å². The molecule has 22 heavy (non-hydrogen) atoms. The Kier molecular flexibility index (Phi) is 6.16. The molecule has 0 aliphatic heterocycles. The van der Waals surface area contributed by atoms with Crippen LogP contribution in [0, 0.1) is 5.92 Å². The van der Waals surface area contributed by atoms with Gasteiger partial charge in [0.05, 0.1) is 6.42 Å². The minimum absolute atomic E-state index is 0.0182. The number of rotatable bonds is 8. The molecule has 0 saturated carbocycles. The third-order valence-electron chi connectivity index (χ3n) is 2.75. The van der Waals surface area contributed by atoms with Crippen LogP contribution < -0.4 is 0 Å². The Balaban J connectivity index is 2.86. The van der Waals surface area contributed by atoms with Crippen LogP contribution in [0.1, 0.15) is 36.6 Å². The van der Waals surface area contributed by atoms with Gasteiger partial charge in [-0.3, -0.25) is 9.59 Å². The van der Waals surface area contributed by atoms with Gasteiger partial charge in [-0.25, -0.2) is 8.42 Å². The number of hydrogen-bond donors (Lipinski definition) is 1. The molecule has 0 aliphatic carbocycles. The van der Waals surface area contributed by atoms with Crippen molar-refractivity contribution in [3.63, 3.8) is 0 Å². The van der Waals surface area contributed by atoms with E-state index in [1.807, 2.05) is 13.8 Å². The Hall–Kier alpha value is -1.83. The normalized spacial score (nSPS) is 11.6. The lowest BCUT2D eigenvalue weighted by Crippen LogP contribution is -2.35. The third kappa shape index (κ3) is 6.30. The van der Waals surface area contributed by atoms with Crippen molar-refractivity contribution in [2.75, 3.05) is 19.3 Å². The van der Waals surface area contributed by atoms with Gasteiger partial charge in [-0.1, -0.05) is 13.8 Å². The molecule has 0 saturated heterocycles. The molecule has 1 rings (SSSR count). The van der Waals surface area contributed by atoms with E-state index in [-0.39, 0.29) is 36.2 Å². The molecule has 1 aromatic heterocycles. The van der Waals surface area contributed by atoms with Crippen LogP contribution in [0.25, 0.3) is 0 Å². The fourth-order valence-electron chi connectivity index (χ4n) is 1.93. The van der Waals surface area contributed by atoms with Gasteiger partial charge < -0.3 is 14.4 Å². The second-order valence-electron chi connectivity index (χ2n) is 5.62. The van der Waals surface area contributed by atoms with Crippen molar-refractivity contribution in [2.24, 2.45) is 5.92 Å². The summed E-state index contributed by atoms with van der Waals surface area (Å²) in [5.41, 5.74) is 0. The number of sulfone groups is 1. The Labute approximate surface area is 129 Å². The summed E-state index contributed by atoms with van der Waals surface area (Å²) >= 11 is 0. The Morgan fingerprint density at radius 2 is 1.95 bits per heavy atom. The fraction of sp³-hybridized carbons (Fsp3) is 0.571. The van der Waals surface area contributed by atoms with Crippen LogP contribution in [0.3, 0.4) is 0 Å². The van der Waals surface area contributed by atoms with Gasteiger partial charge in [0.1, 0.15) is 11.5 Å². The van der Waals surface area contributed by atoms with E-state index < -0.39 is 21.7 Å². The molecule has 0 aliphatic rings. The van der Waals surface area contributed by atoms with Crippen molar-refractivity contribution in [1.29, 1.82) is 0 Å². The molecule has 8 heteroatoms. The average Bonchev–Trinajstić information content (AvgIpc) is 2.79. The van der Waals surface area contributed by atoms with Crippen molar-refractivity contribution >= 4 is 21.7 Å². The predicted molar refractivity (Wildman–Crippen MR) is 80.3 cm³/mol. The first-order valence-electron chi connectivity index (χ1n) is 6.86. The maximum absolute atomic E-state index is 12.4. The molecular formula is C14H21NO6S. The zero-order valence-corrected chi connectivity index (χ0v) is 13.7. The number of carbonyl (C=O) groups is 2. The molecule has 1 N–H and O–H groups in total. The van der Waals surface area contributed by atoms with Crippen molar-refractivity contribution in [3.05, 3.63) is 23.7 Å². The number of hydrogen-bond acceptors (Lipinski definition) is 5. The Bertz CT molecular complexity index is 632. The molecule has 1 amide bonds. The summed E-state index contributed by atoms with van der Waals surface area (Å²) in [6, 6.07) is 2.86. The second-order valence-corrected chi connectivity index (χ2v) is 7.76. The van der Waals surface area contributed by atoms with Gasteiger partial charge in [0.25, 0.3) is 5.91 Å². The van der Waals surface area contributed by atoms with Crippen molar-refractivity contribution < 1.29 is 27.5 Å². The molecule has 124 valence electrons. The molecule has 7 nitrogen and oxygen atoms in total. The summed E-state index contributed by atoms with van der Waals surface area (Å²) in [7, 11) is -3.25. The van der Waals surface area contributed by atoms with Gasteiger partial charge in [-0.05, 0) is 18.1 Å². The minimum atomic E-state index is -3.25. The van der Waals surface area contributed by atoms with Gasteiger partial charge in [0.15, 0.2) is 15.6 Å². The maximum atomic E-state index is 12.4. The van der Waals surface area contributed by atoms with Crippen LogP contribution in [-0.4, -0.2) is 49.6 Å². The first-order chi connectivity index (χ1) is 10.1. The molecule has 1 heterocycles. The fourth-order valence-corrected chi connectivity index (χ4v) is 2.60. The van der Waals surface area contributed by atoms with Crippen molar-refractivity contribution in [1.82, 2.24) is 4.90 Å². The SMILES string of the molecule is CC(C)CN(CCC(=O)O)C(=O)c1ccc(CS(C)(=O)=O)o1. The highest BCUT2D eigenvalue weighted by Gasteiger charge is 2.21. The van der Waals surface area contributed by atoms with E-state index in [2.05, 4.69) is 0 Å². The highest BCUT2D eigenvalue weighted by Crippen LogP contribution is 2.14. The lowest BCUT2D eigenvalue weighted by molar-refractivity contribution is -0.137. The summed E-state index contributed by atoms with van der Waals surface area (Å²) in [6.07, 6.45) is 0.921. The Morgan fingerprint density at radius 3 is 2.45 bits per heavy atom. The molecule has 0 fully saturated rings. The molecule has 1 aromatic rings. The zero-order chi connectivity index (χ0) is 16.9. The van der Waals surface area contributed by atoms with Crippen LogP contribution in [0.2, 0.25) is 0 Å². The van der Waals surface area contributed by atoms with Crippen LogP contribution in [0.4, 0.5) is 0 Å². The van der Waals surface area contributed by atoms with Gasteiger partial charge in [0, 0.05) is 19.3 Å². The van der Waals surface area contributed by atoms with E-state index in [1.165, 1.54) is 17.0 Å². The van der Waals surface area contributed by atoms with Crippen LogP contribution in [-0.2, 0) is 20.4 Å². The number of nitrogens with zero attached hydrogens (tertiary/aromatic N) is 1. The van der Waals surface area contributed by atoms with Crippen LogP contribution >= 0.6 is 0 Å². The summed E-state index contributed by atoms with van der Waals surface area (Å²) in [5, 5.41) is 8.75. The molecular weight excluding hydrogens is 310 g/mol. The van der Waals surface area contributed by atoms with Gasteiger partial charge in [-0.15, -0.1) is 0 Å². The van der Waals surface area contributed by atoms with Crippen LogP contribution in [0.5, 0.6) is 0 Å². The van der Waals surface area contributed by atoms with E-state index in [9.17, 15) is 18.0 Å². The first kappa shape index (κ1) is 18.2. The number of furan rings is 1. The third-order valence-corrected chi connectivity index (χ3v) is 3.55. The number of carbonyl (C=O) groups excluding carboxylic acids is 1. The Morgan fingerprint density at radius 1 is 1.32 bits per heavy atom. The highest BCUT2D eigenvalue weighted by atomic mass is 32.2. The number of amides is 1. The lowest BCUT2D eigenvalue weighted by atomic mass is 10.2. The predicted octanol–water partition coefficient (Wildman–Crippen LogP) is 1.40. The van der Waals surface area contributed by atoms with Gasteiger partial charge in [0.2, 0.25) is 0 Å². The first-order valence-corrected chi connectivity index (χ1v) is 8.92. The quantitative estimate of drug-likeness (QED) is 0.772. The van der Waals surface area contributed by atoms with Crippen molar-refractivity contribution in [3.8, 4) is 0 Å². The molecule has 0 radical (unpaired) electrons. The van der Waals surface area contributed by atoms with Crippen molar-refractivity contribution in [2.45, 2.75) is 26.0 Å².